The van der Waals surface area contributed by atoms with Gasteiger partial charge in [-0.25, -0.2) is 0 Å². The minimum atomic E-state index is -0.405. The van der Waals surface area contributed by atoms with Crippen LogP contribution < -0.4 is 10.1 Å². The van der Waals surface area contributed by atoms with Gasteiger partial charge in [-0.05, 0) is 23.6 Å². The van der Waals surface area contributed by atoms with Gasteiger partial charge < -0.3 is 19.7 Å². The quantitative estimate of drug-likeness (QED) is 0.804. The molecule has 2 aliphatic rings. The van der Waals surface area contributed by atoms with Crippen LogP contribution in [0.1, 0.15) is 25.0 Å². The van der Waals surface area contributed by atoms with Crippen molar-refractivity contribution >= 4 is 11.8 Å². The molecule has 27 heavy (non-hydrogen) atoms. The van der Waals surface area contributed by atoms with E-state index in [-0.39, 0.29) is 17.7 Å². The van der Waals surface area contributed by atoms with Crippen LogP contribution in [0.15, 0.2) is 18.2 Å². The van der Waals surface area contributed by atoms with Crippen LogP contribution in [-0.4, -0.2) is 67.6 Å². The van der Waals surface area contributed by atoms with Crippen molar-refractivity contribution in [2.45, 2.75) is 39.1 Å². The number of amides is 2. The zero-order valence-electron chi connectivity index (χ0n) is 16.5. The molecule has 1 aromatic rings. The molecule has 2 amide bonds. The first-order valence-corrected chi connectivity index (χ1v) is 9.42. The van der Waals surface area contributed by atoms with Crippen molar-refractivity contribution in [3.63, 3.8) is 0 Å². The van der Waals surface area contributed by atoms with Gasteiger partial charge >= 0.3 is 0 Å². The van der Waals surface area contributed by atoms with Gasteiger partial charge in [0.25, 0.3) is 0 Å². The molecule has 7 nitrogen and oxygen atoms in total. The molecule has 0 unspecified atom stereocenters. The Balaban J connectivity index is 1.69. The van der Waals surface area contributed by atoms with E-state index < -0.39 is 12.1 Å². The van der Waals surface area contributed by atoms with Crippen LogP contribution in [0.25, 0.3) is 0 Å². The highest BCUT2D eigenvalue weighted by atomic mass is 16.5. The van der Waals surface area contributed by atoms with Gasteiger partial charge in [-0.3, -0.25) is 14.5 Å². The third-order valence-electron chi connectivity index (χ3n) is 5.33. The standard InChI is InChI=1S/C20H29N3O4/c1-13(2)18-20(25)23-8-7-22(11-16(23)19(24)21-18)10-14-5-6-17(27-4)15(9-14)12-26-3/h5-6,9,13,16,18H,7-8,10-12H2,1-4H3,(H,21,24)/t16-,18+/m1/s1. The summed E-state index contributed by atoms with van der Waals surface area (Å²) in [5.41, 5.74) is 2.14. The third-order valence-corrected chi connectivity index (χ3v) is 5.33. The molecule has 2 heterocycles. The Bertz CT molecular complexity index is 706. The van der Waals surface area contributed by atoms with Crippen molar-refractivity contribution in [3.05, 3.63) is 29.3 Å². The number of carbonyl (C=O) groups excluding carboxylic acids is 2. The topological polar surface area (TPSA) is 71.1 Å². The number of rotatable bonds is 6. The second-order valence-electron chi connectivity index (χ2n) is 7.59. The predicted molar refractivity (Wildman–Crippen MR) is 101 cm³/mol. The van der Waals surface area contributed by atoms with Crippen LogP contribution in [0, 0.1) is 5.92 Å². The summed E-state index contributed by atoms with van der Waals surface area (Å²) < 4.78 is 10.6. The molecule has 0 bridgehead atoms. The van der Waals surface area contributed by atoms with Crippen molar-refractivity contribution < 1.29 is 19.1 Å². The molecule has 2 saturated heterocycles. The third kappa shape index (κ3) is 4.09. The SMILES string of the molecule is COCc1cc(CN2CCN3C(=O)[C@H](C(C)C)NC(=O)[C@H]3C2)ccc1OC. The number of piperazine rings is 2. The highest BCUT2D eigenvalue weighted by Gasteiger charge is 2.44. The zero-order chi connectivity index (χ0) is 19.6. The fraction of sp³-hybridized carbons (Fsp3) is 0.600. The lowest BCUT2D eigenvalue weighted by Crippen LogP contribution is -2.70. The molecule has 2 aliphatic heterocycles. The Labute approximate surface area is 160 Å². The number of nitrogens with zero attached hydrogens (tertiary/aromatic N) is 2. The highest BCUT2D eigenvalue weighted by Crippen LogP contribution is 2.24. The van der Waals surface area contributed by atoms with Gasteiger partial charge in [0.05, 0.1) is 13.7 Å². The van der Waals surface area contributed by atoms with Gasteiger partial charge in [0, 0.05) is 38.9 Å². The maximum absolute atomic E-state index is 12.7. The summed E-state index contributed by atoms with van der Waals surface area (Å²) in [7, 11) is 3.31. The summed E-state index contributed by atoms with van der Waals surface area (Å²) in [5, 5.41) is 2.90. The summed E-state index contributed by atoms with van der Waals surface area (Å²) >= 11 is 0. The summed E-state index contributed by atoms with van der Waals surface area (Å²) in [4.78, 5) is 29.2. The molecular weight excluding hydrogens is 346 g/mol. The van der Waals surface area contributed by atoms with Gasteiger partial charge in [-0.1, -0.05) is 19.9 Å². The van der Waals surface area contributed by atoms with Crippen LogP contribution in [0.4, 0.5) is 0 Å². The molecule has 0 radical (unpaired) electrons. The molecule has 0 spiro atoms. The molecule has 2 atom stereocenters. The van der Waals surface area contributed by atoms with Crippen LogP contribution >= 0.6 is 0 Å². The van der Waals surface area contributed by atoms with Gasteiger partial charge in [0.1, 0.15) is 17.8 Å². The Hall–Kier alpha value is -2.12. The first kappa shape index (κ1) is 19.6. The number of hydrogen-bond donors (Lipinski definition) is 1. The van der Waals surface area contributed by atoms with Crippen LogP contribution in [0.2, 0.25) is 0 Å². The smallest absolute Gasteiger partial charge is 0.246 e. The molecule has 2 fully saturated rings. The van der Waals surface area contributed by atoms with Crippen molar-refractivity contribution in [2.75, 3.05) is 33.9 Å². The average Bonchev–Trinajstić information content (AvgIpc) is 2.65. The summed E-state index contributed by atoms with van der Waals surface area (Å²) in [5.74, 6) is 0.898. The Morgan fingerprint density at radius 3 is 2.67 bits per heavy atom. The zero-order valence-corrected chi connectivity index (χ0v) is 16.5. The second kappa shape index (κ2) is 8.27. The Kier molecular flexibility index (Phi) is 6.01. The van der Waals surface area contributed by atoms with Crippen molar-refractivity contribution in [1.82, 2.24) is 15.1 Å². The van der Waals surface area contributed by atoms with Crippen molar-refractivity contribution in [1.29, 1.82) is 0 Å². The molecule has 148 valence electrons. The summed E-state index contributed by atoms with van der Waals surface area (Å²) in [6.07, 6.45) is 0. The van der Waals surface area contributed by atoms with E-state index in [1.807, 2.05) is 26.0 Å². The lowest BCUT2D eigenvalue weighted by Gasteiger charge is -2.46. The van der Waals surface area contributed by atoms with E-state index in [2.05, 4.69) is 16.3 Å². The fourth-order valence-corrected chi connectivity index (χ4v) is 3.87. The van der Waals surface area contributed by atoms with Crippen molar-refractivity contribution in [3.8, 4) is 5.75 Å². The average molecular weight is 375 g/mol. The van der Waals surface area contributed by atoms with Gasteiger partial charge in [-0.15, -0.1) is 0 Å². The minimum Gasteiger partial charge on any atom is -0.496 e. The first-order valence-electron chi connectivity index (χ1n) is 9.42. The number of benzene rings is 1. The molecule has 0 aliphatic carbocycles. The van der Waals surface area contributed by atoms with Crippen LogP contribution in [-0.2, 0) is 27.5 Å². The maximum Gasteiger partial charge on any atom is 0.246 e. The lowest BCUT2D eigenvalue weighted by atomic mass is 9.96. The minimum absolute atomic E-state index is 0.0427. The molecule has 1 N–H and O–H groups in total. The fourth-order valence-electron chi connectivity index (χ4n) is 3.87. The molecule has 0 aromatic heterocycles. The van der Waals surface area contributed by atoms with E-state index >= 15 is 0 Å². The van der Waals surface area contributed by atoms with Crippen LogP contribution in [0.5, 0.6) is 5.75 Å². The van der Waals surface area contributed by atoms with E-state index in [0.717, 1.165) is 30.0 Å². The van der Waals surface area contributed by atoms with Crippen molar-refractivity contribution in [2.24, 2.45) is 5.92 Å². The number of fused-ring (bicyclic) bond motifs is 1. The normalized spacial score (nSPS) is 23.4. The van der Waals surface area contributed by atoms with Crippen LogP contribution in [0.3, 0.4) is 0 Å². The van der Waals surface area contributed by atoms with E-state index in [4.69, 9.17) is 9.47 Å². The molecule has 0 saturated carbocycles. The number of ether oxygens (including phenoxy) is 2. The lowest BCUT2D eigenvalue weighted by molar-refractivity contribution is -0.154. The van der Waals surface area contributed by atoms with Gasteiger partial charge in [0.15, 0.2) is 0 Å². The summed E-state index contributed by atoms with van der Waals surface area (Å²) in [6.45, 7) is 7.02. The van der Waals surface area contributed by atoms with E-state index in [0.29, 0.717) is 19.7 Å². The van der Waals surface area contributed by atoms with E-state index in [1.54, 1.807) is 19.1 Å². The van der Waals surface area contributed by atoms with E-state index in [1.165, 1.54) is 0 Å². The van der Waals surface area contributed by atoms with Gasteiger partial charge in [0.2, 0.25) is 11.8 Å². The maximum atomic E-state index is 12.7. The Morgan fingerprint density at radius 2 is 2.00 bits per heavy atom. The molecule has 1 aromatic carbocycles. The Morgan fingerprint density at radius 1 is 1.22 bits per heavy atom. The summed E-state index contributed by atoms with van der Waals surface area (Å²) in [6, 6.07) is 5.25. The van der Waals surface area contributed by atoms with Gasteiger partial charge in [-0.2, -0.15) is 0 Å². The molecular formula is C20H29N3O4. The number of nitrogens with one attached hydrogen (secondary N) is 1. The van der Waals surface area contributed by atoms with E-state index in [9.17, 15) is 9.59 Å². The first-order chi connectivity index (χ1) is 12.9. The number of carbonyl (C=O) groups is 2. The highest BCUT2D eigenvalue weighted by molar-refractivity contribution is 5.97. The molecule has 7 heteroatoms. The largest absolute Gasteiger partial charge is 0.496 e. The molecule has 3 rings (SSSR count). The second-order valence-corrected chi connectivity index (χ2v) is 7.59. The predicted octanol–water partition coefficient (Wildman–Crippen LogP) is 1.01. The number of hydrogen-bond acceptors (Lipinski definition) is 5. The number of methoxy groups -OCH3 is 2. The monoisotopic (exact) mass is 375 g/mol.